The lowest BCUT2D eigenvalue weighted by Crippen LogP contribution is -2.28. The van der Waals surface area contributed by atoms with Crippen LogP contribution in [0.25, 0.3) is 0 Å². The second kappa shape index (κ2) is 9.04. The summed E-state index contributed by atoms with van der Waals surface area (Å²) in [6.07, 6.45) is -4.06. The van der Waals surface area contributed by atoms with Gasteiger partial charge >= 0.3 is 6.11 Å². The van der Waals surface area contributed by atoms with Crippen LogP contribution in [0.1, 0.15) is 42.7 Å². The molecule has 2 aromatic rings. The molecule has 3 nitrogen and oxygen atoms in total. The van der Waals surface area contributed by atoms with Crippen LogP contribution in [0.4, 0.5) is 30.7 Å². The highest BCUT2D eigenvalue weighted by Crippen LogP contribution is 2.39. The van der Waals surface area contributed by atoms with Gasteiger partial charge in [-0.05, 0) is 25.5 Å². The average Bonchev–Trinajstić information content (AvgIpc) is 2.70. The number of alkyl halides is 2. The molecule has 0 N–H and O–H groups in total. The zero-order chi connectivity index (χ0) is 22.9. The van der Waals surface area contributed by atoms with Crippen LogP contribution < -0.4 is 4.74 Å². The molecule has 10 heteroatoms. The Balaban J connectivity index is 1.86. The van der Waals surface area contributed by atoms with Gasteiger partial charge in [-0.1, -0.05) is 13.3 Å². The molecule has 0 bridgehead atoms. The molecule has 0 atom stereocenters. The van der Waals surface area contributed by atoms with Gasteiger partial charge in [-0.15, -0.1) is 0 Å². The van der Waals surface area contributed by atoms with E-state index in [1.807, 2.05) is 6.92 Å². The van der Waals surface area contributed by atoms with Crippen LogP contribution >= 0.6 is 0 Å². The van der Waals surface area contributed by atoms with E-state index in [1.54, 1.807) is 0 Å². The summed E-state index contributed by atoms with van der Waals surface area (Å²) in [4.78, 5) is 0. The molecule has 0 spiro atoms. The van der Waals surface area contributed by atoms with Crippen molar-refractivity contribution in [1.82, 2.24) is 0 Å². The van der Waals surface area contributed by atoms with Crippen molar-refractivity contribution in [3.05, 3.63) is 64.0 Å². The van der Waals surface area contributed by atoms with Crippen LogP contribution in [-0.2, 0) is 15.6 Å². The van der Waals surface area contributed by atoms with Crippen molar-refractivity contribution in [2.75, 3.05) is 13.2 Å². The summed E-state index contributed by atoms with van der Waals surface area (Å²) in [6.45, 7) is 3.39. The maximum atomic E-state index is 14.5. The number of ether oxygens (including phenoxy) is 3. The number of hydrogen-bond donors (Lipinski definition) is 0. The molecule has 2 aromatic carbocycles. The van der Waals surface area contributed by atoms with Crippen molar-refractivity contribution in [2.45, 2.75) is 39.1 Å². The predicted octanol–water partition coefficient (Wildman–Crippen LogP) is 6.28. The molecule has 0 amide bonds. The normalized spacial score (nSPS) is 19.5. The van der Waals surface area contributed by atoms with E-state index in [2.05, 4.69) is 4.74 Å². The van der Waals surface area contributed by atoms with Gasteiger partial charge in [0, 0.05) is 23.1 Å². The van der Waals surface area contributed by atoms with Gasteiger partial charge in [0.15, 0.2) is 23.7 Å². The molecule has 1 aliphatic heterocycles. The lowest BCUT2D eigenvalue weighted by molar-refractivity contribution is -0.206. The quantitative estimate of drug-likeness (QED) is 0.381. The summed E-state index contributed by atoms with van der Waals surface area (Å²) < 4.78 is 113. The number of rotatable bonds is 6. The number of halogens is 7. The average molecular weight is 452 g/mol. The monoisotopic (exact) mass is 452 g/mol. The number of benzene rings is 2. The van der Waals surface area contributed by atoms with Crippen molar-refractivity contribution in [3.63, 3.8) is 0 Å². The topological polar surface area (TPSA) is 27.7 Å². The van der Waals surface area contributed by atoms with E-state index in [1.165, 1.54) is 0 Å². The highest BCUT2D eigenvalue weighted by atomic mass is 19.3. The molecule has 31 heavy (non-hydrogen) atoms. The minimum Gasteiger partial charge on any atom is -0.428 e. The molecule has 170 valence electrons. The van der Waals surface area contributed by atoms with Crippen LogP contribution in [0.3, 0.4) is 0 Å². The Morgan fingerprint density at radius 1 is 0.935 bits per heavy atom. The zero-order valence-electron chi connectivity index (χ0n) is 16.6. The van der Waals surface area contributed by atoms with E-state index < -0.39 is 58.4 Å². The first-order chi connectivity index (χ1) is 14.5. The van der Waals surface area contributed by atoms with Crippen LogP contribution in [0.15, 0.2) is 18.2 Å². The van der Waals surface area contributed by atoms with Crippen LogP contribution in [0.2, 0.25) is 0 Å². The van der Waals surface area contributed by atoms with Gasteiger partial charge in [-0.3, -0.25) is 0 Å². The van der Waals surface area contributed by atoms with Gasteiger partial charge in [0.1, 0.15) is 22.9 Å². The molecule has 1 aliphatic rings. The summed E-state index contributed by atoms with van der Waals surface area (Å²) in [7, 11) is 0. The molecule has 0 radical (unpaired) electrons. The van der Waals surface area contributed by atoms with Crippen molar-refractivity contribution >= 4 is 0 Å². The summed E-state index contributed by atoms with van der Waals surface area (Å²) in [5.74, 6) is -9.78. The van der Waals surface area contributed by atoms with Crippen LogP contribution in [0.5, 0.6) is 5.75 Å². The highest BCUT2D eigenvalue weighted by Gasteiger charge is 2.42. The molecule has 3 rings (SSSR count). The summed E-state index contributed by atoms with van der Waals surface area (Å²) in [6, 6.07) is 1.39. The Bertz CT molecular complexity index is 933. The molecule has 0 aliphatic carbocycles. The fraction of sp³-hybridized carbons (Fsp3) is 0.429. The largest absolute Gasteiger partial charge is 0.432 e. The Labute approximate surface area is 173 Å². The van der Waals surface area contributed by atoms with Crippen molar-refractivity contribution in [1.29, 1.82) is 0 Å². The zero-order valence-corrected chi connectivity index (χ0v) is 16.6. The lowest BCUT2D eigenvalue weighted by Gasteiger charge is -2.30. The molecule has 1 saturated heterocycles. The highest BCUT2D eigenvalue weighted by molar-refractivity contribution is 5.37. The lowest BCUT2D eigenvalue weighted by atomic mass is 10.0. The third-order valence-electron chi connectivity index (χ3n) is 4.89. The van der Waals surface area contributed by atoms with E-state index >= 15 is 0 Å². The first-order valence-electron chi connectivity index (χ1n) is 9.48. The molecule has 1 fully saturated rings. The smallest absolute Gasteiger partial charge is 0.428 e. The van der Waals surface area contributed by atoms with Gasteiger partial charge < -0.3 is 14.2 Å². The molecular formula is C21H19F7O3. The summed E-state index contributed by atoms with van der Waals surface area (Å²) in [5.41, 5.74) is -2.72. The predicted molar refractivity (Wildman–Crippen MR) is 95.0 cm³/mol. The second-order valence-corrected chi connectivity index (χ2v) is 7.24. The Morgan fingerprint density at radius 2 is 1.52 bits per heavy atom. The minimum absolute atomic E-state index is 0.118. The fourth-order valence-electron chi connectivity index (χ4n) is 3.28. The number of hydrogen-bond acceptors (Lipinski definition) is 3. The van der Waals surface area contributed by atoms with E-state index in [-0.39, 0.29) is 30.8 Å². The summed E-state index contributed by atoms with van der Waals surface area (Å²) in [5, 5.41) is 0. The van der Waals surface area contributed by atoms with Gasteiger partial charge in [0.05, 0.1) is 13.2 Å². The second-order valence-electron chi connectivity index (χ2n) is 7.24. The SMILES string of the molecule is CCCC1COC(c2cc(F)c(C(F)(F)Oc3cc(F)c(F)c(F)c3C)c(F)c2)OC1. The van der Waals surface area contributed by atoms with E-state index in [0.717, 1.165) is 19.8 Å². The molecule has 0 saturated carbocycles. The van der Waals surface area contributed by atoms with Gasteiger partial charge in [0.25, 0.3) is 0 Å². The Kier molecular flexibility index (Phi) is 6.80. The maximum absolute atomic E-state index is 14.5. The van der Waals surface area contributed by atoms with Gasteiger partial charge in [-0.25, -0.2) is 22.0 Å². The van der Waals surface area contributed by atoms with Crippen molar-refractivity contribution in [2.24, 2.45) is 5.92 Å². The fourth-order valence-corrected chi connectivity index (χ4v) is 3.28. The van der Waals surface area contributed by atoms with Crippen molar-refractivity contribution in [3.8, 4) is 5.75 Å². The van der Waals surface area contributed by atoms with Crippen molar-refractivity contribution < 1.29 is 44.9 Å². The standard InChI is InChI=1S/C21H19F7O3/c1-3-4-11-8-29-20(30-9-11)12-5-13(22)17(14(23)6-12)21(27,28)31-16-7-15(24)19(26)18(25)10(16)2/h5-7,11,20H,3-4,8-9H2,1-2H3. The Hall–Kier alpha value is -2.33. The van der Waals surface area contributed by atoms with Crippen LogP contribution in [-0.4, -0.2) is 13.2 Å². The maximum Gasteiger partial charge on any atom is 0.432 e. The van der Waals surface area contributed by atoms with E-state index in [0.29, 0.717) is 12.1 Å². The van der Waals surface area contributed by atoms with Gasteiger partial charge in [-0.2, -0.15) is 8.78 Å². The first-order valence-corrected chi connectivity index (χ1v) is 9.48. The third kappa shape index (κ3) is 4.79. The summed E-state index contributed by atoms with van der Waals surface area (Å²) >= 11 is 0. The molecule has 0 aromatic heterocycles. The molecule has 0 unspecified atom stereocenters. The van der Waals surface area contributed by atoms with Crippen LogP contribution in [0, 0.1) is 41.9 Å². The molecule has 1 heterocycles. The van der Waals surface area contributed by atoms with E-state index in [4.69, 9.17) is 9.47 Å². The first kappa shape index (κ1) is 23.3. The van der Waals surface area contributed by atoms with E-state index in [9.17, 15) is 30.7 Å². The van der Waals surface area contributed by atoms with Gasteiger partial charge in [0.2, 0.25) is 0 Å². The Morgan fingerprint density at radius 3 is 2.06 bits per heavy atom. The third-order valence-corrected chi connectivity index (χ3v) is 4.89. The minimum atomic E-state index is -4.66. The molecular weight excluding hydrogens is 433 g/mol.